The van der Waals surface area contributed by atoms with Gasteiger partial charge in [0, 0.05) is 24.4 Å². The molecule has 1 rings (SSSR count). The van der Waals surface area contributed by atoms with E-state index in [1.54, 1.807) is 0 Å². The lowest BCUT2D eigenvalue weighted by Crippen LogP contribution is -2.25. The monoisotopic (exact) mass is 279 g/mol. The van der Waals surface area contributed by atoms with Gasteiger partial charge in [-0.3, -0.25) is 0 Å². The van der Waals surface area contributed by atoms with Crippen LogP contribution in [0.2, 0.25) is 0 Å². The molecule has 0 aliphatic carbocycles. The minimum atomic E-state index is -0.0872. The summed E-state index contributed by atoms with van der Waals surface area (Å²) >= 11 is 0. The average molecular weight is 279 g/mol. The van der Waals surface area contributed by atoms with E-state index in [-0.39, 0.29) is 11.5 Å². The fourth-order valence-corrected chi connectivity index (χ4v) is 2.26. The topological polar surface area (TPSA) is 47.0 Å². The summed E-state index contributed by atoms with van der Waals surface area (Å²) < 4.78 is 5.91. The first-order valence-corrected chi connectivity index (χ1v) is 7.57. The van der Waals surface area contributed by atoms with Crippen molar-refractivity contribution in [1.29, 1.82) is 0 Å². The van der Waals surface area contributed by atoms with Crippen molar-refractivity contribution >= 4 is 5.82 Å². The van der Waals surface area contributed by atoms with Crippen LogP contribution >= 0.6 is 0 Å². The second kappa shape index (κ2) is 7.02. The molecule has 0 radical (unpaired) electrons. The first kappa shape index (κ1) is 16.9. The molecule has 1 heterocycles. The largest absolute Gasteiger partial charge is 0.370 e. The number of hydrogen-bond donors (Lipinski definition) is 1. The smallest absolute Gasteiger partial charge is 0.160 e. The lowest BCUT2D eigenvalue weighted by atomic mass is 9.88. The number of ether oxygens (including phenoxy) is 1. The van der Waals surface area contributed by atoms with E-state index in [1.807, 2.05) is 6.92 Å². The van der Waals surface area contributed by atoms with Crippen LogP contribution < -0.4 is 5.32 Å². The molecule has 0 saturated carbocycles. The third-order valence-corrected chi connectivity index (χ3v) is 3.30. The Balaban J connectivity index is 3.31. The van der Waals surface area contributed by atoms with Gasteiger partial charge in [-0.25, -0.2) is 9.97 Å². The maximum absolute atomic E-state index is 5.91. The fraction of sp³-hybridized carbons (Fsp3) is 0.750. The lowest BCUT2D eigenvalue weighted by Gasteiger charge is -2.30. The molecule has 0 bridgehead atoms. The molecular weight excluding hydrogens is 250 g/mol. The Morgan fingerprint density at radius 2 is 1.80 bits per heavy atom. The average Bonchev–Trinajstić information content (AvgIpc) is 2.37. The number of nitrogens with zero attached hydrogens (tertiary/aromatic N) is 2. The van der Waals surface area contributed by atoms with Crippen molar-refractivity contribution in [2.75, 3.05) is 18.5 Å². The van der Waals surface area contributed by atoms with Crippen LogP contribution in [-0.2, 0) is 11.2 Å². The van der Waals surface area contributed by atoms with E-state index >= 15 is 0 Å². The van der Waals surface area contributed by atoms with Crippen LogP contribution in [0.15, 0.2) is 0 Å². The van der Waals surface area contributed by atoms with Gasteiger partial charge in [-0.2, -0.15) is 0 Å². The van der Waals surface area contributed by atoms with Crippen LogP contribution in [-0.4, -0.2) is 23.1 Å². The minimum Gasteiger partial charge on any atom is -0.370 e. The van der Waals surface area contributed by atoms with Gasteiger partial charge in [-0.15, -0.1) is 0 Å². The summed E-state index contributed by atoms with van der Waals surface area (Å²) in [4.78, 5) is 9.45. The SMILES string of the molecule is CCNc1nc(C(OCC)C(C)(C)C)nc(CC)c1C. The minimum absolute atomic E-state index is 0.0280. The zero-order valence-electron chi connectivity index (χ0n) is 14.0. The van der Waals surface area contributed by atoms with Crippen LogP contribution in [0.3, 0.4) is 0 Å². The van der Waals surface area contributed by atoms with Crippen LogP contribution in [0.5, 0.6) is 0 Å². The highest BCUT2D eigenvalue weighted by atomic mass is 16.5. The summed E-state index contributed by atoms with van der Waals surface area (Å²) in [5.74, 6) is 1.72. The summed E-state index contributed by atoms with van der Waals surface area (Å²) in [7, 11) is 0. The molecule has 0 amide bonds. The predicted octanol–water partition coefficient (Wildman–Crippen LogP) is 3.90. The normalized spacial score (nSPS) is 13.3. The maximum atomic E-state index is 5.91. The molecule has 1 aromatic rings. The zero-order chi connectivity index (χ0) is 15.3. The molecule has 114 valence electrons. The first-order valence-electron chi connectivity index (χ1n) is 7.57. The summed E-state index contributed by atoms with van der Waals surface area (Å²) in [5.41, 5.74) is 2.21. The molecule has 4 heteroatoms. The standard InChI is InChI=1S/C16H29N3O/c1-8-12-11(4)14(17-9-2)19-15(18-12)13(20-10-3)16(5,6)7/h13H,8-10H2,1-7H3,(H,17,18,19). The van der Waals surface area contributed by atoms with Gasteiger partial charge >= 0.3 is 0 Å². The Morgan fingerprint density at radius 1 is 1.15 bits per heavy atom. The summed E-state index contributed by atoms with van der Waals surface area (Å²) in [6.45, 7) is 16.3. The Labute approximate surface area is 123 Å². The molecule has 0 aromatic carbocycles. The van der Waals surface area contributed by atoms with E-state index in [0.717, 1.165) is 35.9 Å². The van der Waals surface area contributed by atoms with Crippen LogP contribution in [0.25, 0.3) is 0 Å². The zero-order valence-corrected chi connectivity index (χ0v) is 14.0. The molecule has 0 aliphatic rings. The third kappa shape index (κ3) is 3.92. The molecule has 0 saturated heterocycles. The van der Waals surface area contributed by atoms with Crippen molar-refractivity contribution in [3.05, 3.63) is 17.1 Å². The maximum Gasteiger partial charge on any atom is 0.160 e. The molecule has 1 N–H and O–H groups in total. The second-order valence-electron chi connectivity index (χ2n) is 6.09. The summed E-state index contributed by atoms with van der Waals surface area (Å²) in [6, 6.07) is 0. The summed E-state index contributed by atoms with van der Waals surface area (Å²) in [6.07, 6.45) is 0.818. The van der Waals surface area contributed by atoms with Gasteiger partial charge in [-0.05, 0) is 32.6 Å². The molecule has 20 heavy (non-hydrogen) atoms. The highest BCUT2D eigenvalue weighted by Gasteiger charge is 2.30. The quantitative estimate of drug-likeness (QED) is 0.858. The second-order valence-corrected chi connectivity index (χ2v) is 6.09. The van der Waals surface area contributed by atoms with Crippen molar-refractivity contribution in [3.8, 4) is 0 Å². The molecule has 4 nitrogen and oxygen atoms in total. The highest BCUT2D eigenvalue weighted by Crippen LogP contribution is 2.35. The fourth-order valence-electron chi connectivity index (χ4n) is 2.26. The first-order chi connectivity index (χ1) is 9.35. The number of hydrogen-bond acceptors (Lipinski definition) is 4. The van der Waals surface area contributed by atoms with Crippen LogP contribution in [0.4, 0.5) is 5.82 Å². The van der Waals surface area contributed by atoms with Gasteiger partial charge in [0.25, 0.3) is 0 Å². The van der Waals surface area contributed by atoms with Gasteiger partial charge in [-0.1, -0.05) is 27.7 Å². The van der Waals surface area contributed by atoms with E-state index in [9.17, 15) is 0 Å². The molecule has 0 aliphatic heterocycles. The van der Waals surface area contributed by atoms with Gasteiger partial charge in [0.2, 0.25) is 0 Å². The van der Waals surface area contributed by atoms with Gasteiger partial charge in [0.15, 0.2) is 5.82 Å². The molecule has 1 atom stereocenters. The van der Waals surface area contributed by atoms with Crippen molar-refractivity contribution in [2.45, 2.75) is 61.0 Å². The van der Waals surface area contributed by atoms with Gasteiger partial charge in [0.05, 0.1) is 0 Å². The Bertz CT molecular complexity index is 438. The van der Waals surface area contributed by atoms with E-state index in [0.29, 0.717) is 6.61 Å². The Hall–Kier alpha value is -1.16. The third-order valence-electron chi connectivity index (χ3n) is 3.30. The van der Waals surface area contributed by atoms with E-state index < -0.39 is 0 Å². The van der Waals surface area contributed by atoms with E-state index in [2.05, 4.69) is 46.9 Å². The van der Waals surface area contributed by atoms with Gasteiger partial charge < -0.3 is 10.1 Å². The molecular formula is C16H29N3O. The van der Waals surface area contributed by atoms with Crippen LogP contribution in [0.1, 0.15) is 64.7 Å². The number of rotatable bonds is 6. The van der Waals surface area contributed by atoms with Crippen LogP contribution in [0, 0.1) is 12.3 Å². The molecule has 0 fully saturated rings. The molecule has 0 spiro atoms. The number of anilines is 1. The summed E-state index contributed by atoms with van der Waals surface area (Å²) in [5, 5.41) is 3.33. The number of nitrogens with one attached hydrogen (secondary N) is 1. The van der Waals surface area contributed by atoms with E-state index in [4.69, 9.17) is 14.7 Å². The Morgan fingerprint density at radius 3 is 2.25 bits per heavy atom. The molecule has 1 unspecified atom stereocenters. The van der Waals surface area contributed by atoms with Crippen molar-refractivity contribution in [3.63, 3.8) is 0 Å². The Kier molecular flexibility index (Phi) is 5.93. The number of aryl methyl sites for hydroxylation is 1. The van der Waals surface area contributed by atoms with Gasteiger partial charge in [0.1, 0.15) is 11.9 Å². The molecule has 1 aromatic heterocycles. The lowest BCUT2D eigenvalue weighted by molar-refractivity contribution is -0.0191. The predicted molar refractivity (Wildman–Crippen MR) is 84.1 cm³/mol. The van der Waals surface area contributed by atoms with Crippen molar-refractivity contribution in [2.24, 2.45) is 5.41 Å². The number of aromatic nitrogens is 2. The highest BCUT2D eigenvalue weighted by molar-refractivity contribution is 5.46. The van der Waals surface area contributed by atoms with E-state index in [1.165, 1.54) is 0 Å². The van der Waals surface area contributed by atoms with Crippen molar-refractivity contribution in [1.82, 2.24) is 9.97 Å². The van der Waals surface area contributed by atoms with Crippen molar-refractivity contribution < 1.29 is 4.74 Å².